The van der Waals surface area contributed by atoms with Crippen molar-refractivity contribution >= 4 is 73.2 Å². The molecule has 13 nitrogen and oxygen atoms in total. The number of hydrogen-bond acceptors (Lipinski definition) is 11. The molecule has 4 aromatic heterocycles. The number of carbonyl (C=O) groups is 4. The first-order chi connectivity index (χ1) is 25.5. The summed E-state index contributed by atoms with van der Waals surface area (Å²) in [6.45, 7) is 10.5. The van der Waals surface area contributed by atoms with Crippen molar-refractivity contribution in [3.8, 4) is 11.1 Å². The van der Waals surface area contributed by atoms with Crippen LogP contribution in [0.1, 0.15) is 62.5 Å². The molecule has 280 valence electrons. The summed E-state index contributed by atoms with van der Waals surface area (Å²) in [6, 6.07) is 21.3. The lowest BCUT2D eigenvalue weighted by Crippen LogP contribution is -2.29. The molecule has 0 amide bonds. The minimum atomic E-state index is -0.731. The number of rotatable bonds is 5. The number of aromatic nitrogens is 4. The number of hydrogen-bond donors (Lipinski definition) is 1. The lowest BCUT2D eigenvalue weighted by Gasteiger charge is -2.20. The molecule has 2 aromatic carbocycles. The van der Waals surface area contributed by atoms with Gasteiger partial charge in [0, 0.05) is 27.1 Å². The number of anilines is 2. The molecule has 0 unspecified atom stereocenters. The monoisotopic (exact) mass is 797 g/mol. The third-order valence-corrected chi connectivity index (χ3v) is 8.25. The molecule has 6 aromatic rings. The number of ether oxygens (including phenoxy) is 4. The minimum absolute atomic E-state index is 0.0669. The smallest absolute Gasteiger partial charge is 0.419 e. The predicted octanol–water partition coefficient (Wildman–Crippen LogP) is 9.39. The standard InChI is InChI=1S/C26H25N3O4.C14H15BrN2O4/c1-26(2,3)33-25(31)29-22(24(30)32-4)14-20-21(15-27-16-23(20)29)28-19-12-10-18(11-13-19)17-8-6-5-7-9-17;1-14(2,3)21-13(19)17-10(12(18)20-4)5-8-9(15)6-16-7-11(8)17/h5-16,28H,1-4H3;5-7H,1-4H3. The second kappa shape index (κ2) is 15.9. The van der Waals surface area contributed by atoms with E-state index in [4.69, 9.17) is 18.9 Å². The second-order valence-electron chi connectivity index (χ2n) is 13.9. The number of esters is 2. The third-order valence-electron chi connectivity index (χ3n) is 7.62. The van der Waals surface area contributed by atoms with Crippen molar-refractivity contribution in [2.24, 2.45) is 0 Å². The molecule has 0 saturated carbocycles. The normalized spacial score (nSPS) is 11.4. The molecule has 0 saturated heterocycles. The molecule has 6 rings (SSSR count). The van der Waals surface area contributed by atoms with Gasteiger partial charge in [-0.2, -0.15) is 0 Å². The summed E-state index contributed by atoms with van der Waals surface area (Å²) in [5.74, 6) is -1.26. The topological polar surface area (TPSA) is 153 Å². The largest absolute Gasteiger partial charge is 0.464 e. The Morgan fingerprint density at radius 3 is 1.59 bits per heavy atom. The van der Waals surface area contributed by atoms with Crippen LogP contribution in [-0.4, -0.2) is 68.6 Å². The molecule has 0 aliphatic rings. The highest BCUT2D eigenvalue weighted by Crippen LogP contribution is 2.31. The number of carbonyl (C=O) groups excluding carboxylic acids is 4. The van der Waals surface area contributed by atoms with E-state index in [9.17, 15) is 19.2 Å². The molecule has 54 heavy (non-hydrogen) atoms. The maximum atomic E-state index is 12.9. The zero-order valence-corrected chi connectivity index (χ0v) is 32.7. The zero-order chi connectivity index (χ0) is 39.4. The third kappa shape index (κ3) is 8.94. The van der Waals surface area contributed by atoms with E-state index in [2.05, 4.69) is 43.3 Å². The Balaban J connectivity index is 0.000000230. The molecular formula is C40H40BrN5O8. The van der Waals surface area contributed by atoms with Gasteiger partial charge in [-0.15, -0.1) is 0 Å². The molecule has 14 heteroatoms. The van der Waals surface area contributed by atoms with Crippen LogP contribution in [0.25, 0.3) is 32.9 Å². The highest BCUT2D eigenvalue weighted by atomic mass is 79.9. The summed E-state index contributed by atoms with van der Waals surface area (Å²) < 4.78 is 23.5. The van der Waals surface area contributed by atoms with Crippen LogP contribution in [0.5, 0.6) is 0 Å². The van der Waals surface area contributed by atoms with Gasteiger partial charge in [0.25, 0.3) is 0 Å². The van der Waals surface area contributed by atoms with Gasteiger partial charge in [-0.25, -0.2) is 28.3 Å². The maximum Gasteiger partial charge on any atom is 0.419 e. The van der Waals surface area contributed by atoms with Gasteiger partial charge in [-0.1, -0.05) is 42.5 Å². The number of fused-ring (bicyclic) bond motifs is 2. The Kier molecular flexibility index (Phi) is 11.6. The summed E-state index contributed by atoms with van der Waals surface area (Å²) >= 11 is 3.35. The molecule has 0 bridgehead atoms. The van der Waals surface area contributed by atoms with E-state index >= 15 is 0 Å². The summed E-state index contributed by atoms with van der Waals surface area (Å²) in [5, 5.41) is 4.65. The predicted molar refractivity (Wildman–Crippen MR) is 208 cm³/mol. The first-order valence-electron chi connectivity index (χ1n) is 16.7. The average Bonchev–Trinajstić information content (AvgIpc) is 3.72. The van der Waals surface area contributed by atoms with Crippen molar-refractivity contribution < 1.29 is 38.1 Å². The Hall–Kier alpha value is -6.02. The molecular weight excluding hydrogens is 758 g/mol. The molecule has 0 radical (unpaired) electrons. The Bertz CT molecular complexity index is 2340. The van der Waals surface area contributed by atoms with Crippen molar-refractivity contribution in [3.63, 3.8) is 0 Å². The maximum absolute atomic E-state index is 12.9. The molecule has 0 aliphatic heterocycles. The lowest BCUT2D eigenvalue weighted by molar-refractivity contribution is 0.0488. The zero-order valence-electron chi connectivity index (χ0n) is 31.1. The van der Waals surface area contributed by atoms with E-state index < -0.39 is 35.3 Å². The van der Waals surface area contributed by atoms with Crippen LogP contribution in [0.4, 0.5) is 21.0 Å². The quantitative estimate of drug-likeness (QED) is 0.131. The van der Waals surface area contributed by atoms with Crippen LogP contribution in [0.2, 0.25) is 0 Å². The van der Waals surface area contributed by atoms with Gasteiger partial charge in [-0.3, -0.25) is 9.97 Å². The number of benzene rings is 2. The molecule has 0 fully saturated rings. The molecule has 4 heterocycles. The fraction of sp³-hybridized carbons (Fsp3) is 0.250. The van der Waals surface area contributed by atoms with Crippen LogP contribution < -0.4 is 5.32 Å². The van der Waals surface area contributed by atoms with Crippen molar-refractivity contribution in [1.82, 2.24) is 19.1 Å². The summed E-state index contributed by atoms with van der Waals surface area (Å²) in [7, 11) is 2.53. The summed E-state index contributed by atoms with van der Waals surface area (Å²) in [6.07, 6.45) is 4.92. The number of halogens is 1. The van der Waals surface area contributed by atoms with E-state index in [-0.39, 0.29) is 11.4 Å². The number of nitrogens with zero attached hydrogens (tertiary/aromatic N) is 4. The van der Waals surface area contributed by atoms with Gasteiger partial charge in [0.2, 0.25) is 0 Å². The van der Waals surface area contributed by atoms with Gasteiger partial charge in [0.15, 0.2) is 0 Å². The van der Waals surface area contributed by atoms with Crippen molar-refractivity contribution in [2.75, 3.05) is 19.5 Å². The van der Waals surface area contributed by atoms with E-state index in [0.29, 0.717) is 32.0 Å². The van der Waals surface area contributed by atoms with Gasteiger partial charge in [0.05, 0.1) is 49.5 Å². The van der Waals surface area contributed by atoms with Crippen LogP contribution in [-0.2, 0) is 18.9 Å². The van der Waals surface area contributed by atoms with Crippen molar-refractivity contribution in [2.45, 2.75) is 52.7 Å². The van der Waals surface area contributed by atoms with Crippen LogP contribution in [0.3, 0.4) is 0 Å². The number of pyridine rings is 2. The van der Waals surface area contributed by atoms with E-state index in [0.717, 1.165) is 16.8 Å². The Labute approximate surface area is 320 Å². The molecule has 1 N–H and O–H groups in total. The van der Waals surface area contributed by atoms with E-state index in [1.807, 2.05) is 42.5 Å². The number of methoxy groups -OCH3 is 2. The molecule has 0 aliphatic carbocycles. The van der Waals surface area contributed by atoms with Gasteiger partial charge < -0.3 is 24.3 Å². The van der Waals surface area contributed by atoms with Crippen LogP contribution in [0, 0.1) is 0 Å². The van der Waals surface area contributed by atoms with Gasteiger partial charge >= 0.3 is 24.1 Å². The highest BCUT2D eigenvalue weighted by molar-refractivity contribution is 9.10. The lowest BCUT2D eigenvalue weighted by atomic mass is 10.1. The van der Waals surface area contributed by atoms with Crippen LogP contribution >= 0.6 is 15.9 Å². The summed E-state index contributed by atoms with van der Waals surface area (Å²) in [4.78, 5) is 57.9. The van der Waals surface area contributed by atoms with Crippen molar-refractivity contribution in [3.05, 3.63) is 107 Å². The van der Waals surface area contributed by atoms with Crippen molar-refractivity contribution in [1.29, 1.82) is 0 Å². The van der Waals surface area contributed by atoms with E-state index in [1.165, 1.54) is 35.7 Å². The minimum Gasteiger partial charge on any atom is -0.464 e. The highest BCUT2D eigenvalue weighted by Gasteiger charge is 2.28. The first kappa shape index (κ1) is 39.2. The Morgan fingerprint density at radius 1 is 0.630 bits per heavy atom. The second-order valence-corrected chi connectivity index (χ2v) is 14.8. The van der Waals surface area contributed by atoms with Crippen LogP contribution in [0.15, 0.2) is 96.0 Å². The Morgan fingerprint density at radius 2 is 1.09 bits per heavy atom. The SMILES string of the molecule is COC(=O)c1cc2c(Br)cncc2n1C(=O)OC(C)(C)C.COC(=O)c1cc2c(Nc3ccc(-c4ccccc4)cc3)cncc2n1C(=O)OC(C)(C)C. The first-order valence-corrected chi connectivity index (χ1v) is 17.5. The van der Waals surface area contributed by atoms with Gasteiger partial charge in [0.1, 0.15) is 22.6 Å². The van der Waals surface area contributed by atoms with Gasteiger partial charge in [-0.05, 0) is 92.9 Å². The fourth-order valence-corrected chi connectivity index (χ4v) is 5.79. The number of nitrogens with one attached hydrogen (secondary N) is 1. The fourth-order valence-electron chi connectivity index (χ4n) is 5.36. The molecule has 0 spiro atoms. The molecule has 0 atom stereocenters. The summed E-state index contributed by atoms with van der Waals surface area (Å²) in [5.41, 5.74) is 3.38. The van der Waals surface area contributed by atoms with E-state index in [1.54, 1.807) is 66.1 Å². The average molecular weight is 799 g/mol.